The number of aromatic nitrogens is 4. The van der Waals surface area contributed by atoms with Gasteiger partial charge in [0.1, 0.15) is 5.52 Å². The highest BCUT2D eigenvalue weighted by Gasteiger charge is 2.63. The van der Waals surface area contributed by atoms with Gasteiger partial charge in [-0.2, -0.15) is 0 Å². The zero-order valence-corrected chi connectivity index (χ0v) is 17.1. The van der Waals surface area contributed by atoms with E-state index in [9.17, 15) is 23.8 Å². The summed E-state index contributed by atoms with van der Waals surface area (Å²) in [4.78, 5) is 44.6. The van der Waals surface area contributed by atoms with Crippen molar-refractivity contribution in [2.45, 2.75) is 23.6 Å². The zero-order valence-electron chi connectivity index (χ0n) is 14.5. The molecule has 18 heteroatoms. The number of phosphoric acid groups is 2. The molecule has 4 atom stereocenters. The minimum atomic E-state index is -5.84. The van der Waals surface area contributed by atoms with Crippen LogP contribution in [0.3, 0.4) is 0 Å². The van der Waals surface area contributed by atoms with Gasteiger partial charge < -0.3 is 35.2 Å². The summed E-state index contributed by atoms with van der Waals surface area (Å²) in [5.41, 5.74) is 6.33. The highest BCUT2D eigenvalue weighted by Crippen LogP contribution is 2.51. The van der Waals surface area contributed by atoms with Gasteiger partial charge in [-0.1, -0.05) is 11.8 Å². The molecule has 1 fully saturated rings. The van der Waals surface area contributed by atoms with E-state index >= 15 is 0 Å². The van der Waals surface area contributed by atoms with Crippen molar-refractivity contribution in [2.75, 3.05) is 18.6 Å². The van der Waals surface area contributed by atoms with E-state index < -0.39 is 40.7 Å². The fourth-order valence-electron chi connectivity index (χ4n) is 2.50. The van der Waals surface area contributed by atoms with Crippen molar-refractivity contribution in [1.82, 2.24) is 19.5 Å². The molecule has 1 aliphatic heterocycles. The number of rotatable bonds is 7. The third-order valence-electron chi connectivity index (χ3n) is 3.73. The average molecular weight is 471 g/mol. The van der Waals surface area contributed by atoms with Crippen LogP contribution in [0.15, 0.2) is 11.5 Å². The molecule has 15 nitrogen and oxygen atoms in total. The summed E-state index contributed by atoms with van der Waals surface area (Å²) in [7, 11) is -11.3. The summed E-state index contributed by atoms with van der Waals surface area (Å²) in [6.45, 7) is -0.916. The summed E-state index contributed by atoms with van der Waals surface area (Å²) in [5, 5.41) is 16.5. The summed E-state index contributed by atoms with van der Waals surface area (Å²) < 4.78 is 36.2. The minimum Gasteiger partial charge on any atom is -0.790 e. The zero-order chi connectivity index (χ0) is 21.6. The third-order valence-corrected chi connectivity index (χ3v) is 6.33. The number of ether oxygens (including phenoxy) is 1. The van der Waals surface area contributed by atoms with Gasteiger partial charge in [-0.3, -0.25) is 18.0 Å². The maximum atomic E-state index is 11.4. The largest absolute Gasteiger partial charge is 0.790 e. The number of fused-ring (bicyclic) bond motifs is 1. The van der Waals surface area contributed by atoms with Crippen molar-refractivity contribution >= 4 is 44.4 Å². The Labute approximate surface area is 166 Å². The molecule has 1 aliphatic rings. The number of nitrogen functional groups attached to an aromatic ring is 1. The van der Waals surface area contributed by atoms with Crippen molar-refractivity contribution in [3.63, 3.8) is 0 Å². The van der Waals surface area contributed by atoms with Gasteiger partial charge in [0, 0.05) is 0 Å². The second kappa shape index (κ2) is 8.09. The molecule has 2 unspecified atom stereocenters. The Kier molecular flexibility index (Phi) is 6.25. The standard InChI is InChI=1S/C11H15N5O10P2S/c1-29-11-14-8(12)5-9(15-11)16(3-13-5)10-7(18)6(17)4(25-10)2-24-28(22,23)26-27(19,20)21/h3,6-7,10,17-18H,2H2,1H3,(H4-,12,14,15,19,20,21,22,23)/t6-,7?,10+/m0/s1. The van der Waals surface area contributed by atoms with Crippen LogP contribution in [0, 0.1) is 6.10 Å². The number of hydrogen-bond acceptors (Lipinski definition) is 13. The number of thioether (sulfide) groups is 1. The second-order valence-electron chi connectivity index (χ2n) is 5.65. The maximum absolute atomic E-state index is 11.4. The first-order valence-corrected chi connectivity index (χ1v) is 11.7. The molecule has 0 amide bonds. The van der Waals surface area contributed by atoms with E-state index in [1.807, 2.05) is 0 Å². The van der Waals surface area contributed by atoms with Crippen molar-refractivity contribution in [2.24, 2.45) is 0 Å². The lowest BCUT2D eigenvalue weighted by Crippen LogP contribution is -2.30. The predicted octanol–water partition coefficient (Wildman–Crippen LogP) is -3.29. The van der Waals surface area contributed by atoms with Crippen LogP contribution in [0.5, 0.6) is 0 Å². The third kappa shape index (κ3) is 4.90. The number of nitrogens with zero attached hydrogens (tertiary/aromatic N) is 4. The molecule has 0 saturated carbocycles. The number of anilines is 1. The lowest BCUT2D eigenvalue weighted by atomic mass is 10.1. The Morgan fingerprint density at radius 1 is 1.38 bits per heavy atom. The normalized spacial score (nSPS) is 24.9. The number of imidazole rings is 1. The Morgan fingerprint density at radius 2 is 2.07 bits per heavy atom. The quantitative estimate of drug-likeness (QED) is 0.137. The molecule has 2 aromatic rings. The number of nitrogens with two attached hydrogens (primary N) is 1. The lowest BCUT2D eigenvalue weighted by molar-refractivity contribution is -0.339. The first-order chi connectivity index (χ1) is 13.4. The fourth-order valence-corrected chi connectivity index (χ4v) is 4.33. The van der Waals surface area contributed by atoms with E-state index in [0.29, 0.717) is 5.16 Å². The van der Waals surface area contributed by atoms with Gasteiger partial charge in [-0.15, -0.1) is 4.74 Å². The molecular weight excluding hydrogens is 456 g/mol. The van der Waals surface area contributed by atoms with Crippen LogP contribution in [-0.2, 0) is 22.7 Å². The Bertz CT molecular complexity index is 1000. The molecule has 0 aliphatic carbocycles. The highest BCUT2D eigenvalue weighted by atomic mass is 32.2. The topological polar surface area (TPSA) is 246 Å². The van der Waals surface area contributed by atoms with Gasteiger partial charge in [0.25, 0.3) is 14.1 Å². The summed E-state index contributed by atoms with van der Waals surface area (Å²) in [6.07, 6.45) is -0.997. The van der Waals surface area contributed by atoms with Crippen LogP contribution in [0.1, 0.15) is 6.23 Å². The maximum Gasteiger partial charge on any atom is 0.400 e. The van der Waals surface area contributed by atoms with Crippen molar-refractivity contribution in [1.29, 1.82) is 0 Å². The van der Waals surface area contributed by atoms with E-state index in [-0.39, 0.29) is 23.1 Å². The molecular formula is C11H15N5O10P2S. The van der Waals surface area contributed by atoms with Crippen molar-refractivity contribution < 1.29 is 47.6 Å². The van der Waals surface area contributed by atoms with Crippen LogP contribution in [0.4, 0.5) is 5.82 Å². The first-order valence-electron chi connectivity index (χ1n) is 7.59. The van der Waals surface area contributed by atoms with Crippen molar-refractivity contribution in [3.05, 3.63) is 12.4 Å². The van der Waals surface area contributed by atoms with Crippen LogP contribution < -0.4 is 20.4 Å². The molecule has 1 saturated heterocycles. The Hall–Kier alpha value is -1.29. The van der Waals surface area contributed by atoms with Crippen LogP contribution in [0.2, 0.25) is 0 Å². The van der Waals surface area contributed by atoms with Crippen molar-refractivity contribution in [3.8, 4) is 0 Å². The summed E-state index contributed by atoms with van der Waals surface area (Å²) >= 11 is 1.22. The molecule has 0 bridgehead atoms. The molecule has 0 radical (unpaired) electrons. The van der Waals surface area contributed by atoms with E-state index in [4.69, 9.17) is 20.7 Å². The lowest BCUT2D eigenvalue weighted by Gasteiger charge is -2.34. The Morgan fingerprint density at radius 3 is 2.69 bits per heavy atom. The molecule has 3 heterocycles. The molecule has 29 heavy (non-hydrogen) atoms. The summed E-state index contributed by atoms with van der Waals surface area (Å²) in [5.74, 6) is 0.108. The van der Waals surface area contributed by atoms with E-state index in [1.54, 1.807) is 6.26 Å². The molecule has 3 rings (SSSR count). The van der Waals surface area contributed by atoms with Gasteiger partial charge in [0.15, 0.2) is 16.6 Å². The smallest absolute Gasteiger partial charge is 0.400 e. The monoisotopic (exact) mass is 471 g/mol. The molecule has 2 aromatic heterocycles. The average Bonchev–Trinajstić information content (AvgIpc) is 3.13. The Balaban J connectivity index is 1.80. The number of phosphoric ester groups is 1. The molecule has 6 N–H and O–H groups in total. The van der Waals surface area contributed by atoms with Crippen LogP contribution in [-0.4, -0.2) is 54.8 Å². The van der Waals surface area contributed by atoms with Gasteiger partial charge in [-0.05, 0) is 6.26 Å². The number of hydrogen-bond donors (Lipinski definition) is 1. The van der Waals surface area contributed by atoms with Gasteiger partial charge in [-0.25, -0.2) is 15.0 Å². The molecule has 0 aromatic carbocycles. The van der Waals surface area contributed by atoms with Crippen LogP contribution in [0.25, 0.3) is 11.2 Å². The summed E-state index contributed by atoms with van der Waals surface area (Å²) in [6, 6.07) is 0. The van der Waals surface area contributed by atoms with E-state index in [2.05, 4.69) is 23.8 Å². The van der Waals surface area contributed by atoms with Gasteiger partial charge >= 0.3 is 18.3 Å². The minimum absolute atomic E-state index is 0.108. The fraction of sp³-hybridized carbons (Fsp3) is 0.455. The SMILES string of the molecule is CSc1nc(N)c2ncn([C@@H]3O[C+](COP(=O)([O-])OP(=O)([O-])[O-])[C@H]([OH2+])C3[OH2+])c2n1. The highest BCUT2D eigenvalue weighted by molar-refractivity contribution is 7.98. The molecule has 160 valence electrons. The van der Waals surface area contributed by atoms with Gasteiger partial charge in [0.2, 0.25) is 6.61 Å². The van der Waals surface area contributed by atoms with E-state index in [0.717, 1.165) is 0 Å². The predicted molar refractivity (Wildman–Crippen MR) is 91.9 cm³/mol. The van der Waals surface area contributed by atoms with Crippen LogP contribution >= 0.6 is 27.4 Å². The second-order valence-corrected chi connectivity index (χ2v) is 9.12. The van der Waals surface area contributed by atoms with Gasteiger partial charge in [0.05, 0.1) is 14.2 Å². The molecule has 0 spiro atoms. The van der Waals surface area contributed by atoms with E-state index in [1.165, 1.54) is 22.7 Å². The first kappa shape index (κ1) is 22.4.